The van der Waals surface area contributed by atoms with Gasteiger partial charge in [0.1, 0.15) is 11.6 Å². The van der Waals surface area contributed by atoms with E-state index >= 15 is 0 Å². The van der Waals surface area contributed by atoms with Gasteiger partial charge in [-0.1, -0.05) is 12.1 Å². The number of alkyl halides is 3. The molecule has 0 aliphatic carbocycles. The maximum atomic E-state index is 13.3. The van der Waals surface area contributed by atoms with E-state index in [0.717, 1.165) is 6.07 Å². The Morgan fingerprint density at radius 3 is 2.71 bits per heavy atom. The van der Waals surface area contributed by atoms with Crippen molar-refractivity contribution in [2.24, 2.45) is 0 Å². The molecule has 150 valence electrons. The quantitative estimate of drug-likeness (QED) is 0.792. The molecule has 1 unspecified atom stereocenters. The molecule has 3 rings (SSSR count). The van der Waals surface area contributed by atoms with Gasteiger partial charge in [-0.05, 0) is 37.1 Å². The minimum Gasteiger partial charge on any atom is -0.496 e. The minimum atomic E-state index is -4.49. The van der Waals surface area contributed by atoms with E-state index in [1.54, 1.807) is 36.2 Å². The number of carbonyl (C=O) groups is 1. The van der Waals surface area contributed by atoms with Crippen molar-refractivity contribution >= 4 is 11.7 Å². The number of hydrogen-bond acceptors (Lipinski definition) is 4. The normalized spacial score (nSPS) is 17.3. The number of nitrogens with zero attached hydrogens (tertiary/aromatic N) is 3. The fourth-order valence-corrected chi connectivity index (χ4v) is 3.52. The summed E-state index contributed by atoms with van der Waals surface area (Å²) in [6.07, 6.45) is -1.76. The van der Waals surface area contributed by atoms with Crippen LogP contribution in [0.5, 0.6) is 5.75 Å². The van der Waals surface area contributed by atoms with Crippen LogP contribution in [-0.2, 0) is 6.18 Å². The number of benzene rings is 1. The van der Waals surface area contributed by atoms with Crippen molar-refractivity contribution in [3.63, 3.8) is 0 Å². The van der Waals surface area contributed by atoms with Gasteiger partial charge >= 0.3 is 6.18 Å². The summed E-state index contributed by atoms with van der Waals surface area (Å²) >= 11 is 0. The Bertz CT molecular complexity index is 841. The Balaban J connectivity index is 1.81. The summed E-state index contributed by atoms with van der Waals surface area (Å²) in [5.41, 5.74) is -0.326. The minimum absolute atomic E-state index is 0.119. The third-order valence-corrected chi connectivity index (χ3v) is 5.00. The van der Waals surface area contributed by atoms with Crippen LogP contribution in [0.3, 0.4) is 0 Å². The van der Waals surface area contributed by atoms with Gasteiger partial charge in [0.25, 0.3) is 5.91 Å². The van der Waals surface area contributed by atoms with E-state index in [1.807, 2.05) is 0 Å². The molecule has 0 bridgehead atoms. The van der Waals surface area contributed by atoms with E-state index in [-0.39, 0.29) is 17.8 Å². The average Bonchev–Trinajstić information content (AvgIpc) is 2.72. The molecule has 1 aromatic carbocycles. The second-order valence-corrected chi connectivity index (χ2v) is 6.73. The van der Waals surface area contributed by atoms with E-state index in [2.05, 4.69) is 4.98 Å². The Morgan fingerprint density at radius 1 is 1.25 bits per heavy atom. The van der Waals surface area contributed by atoms with Crippen molar-refractivity contribution in [2.75, 3.05) is 32.1 Å². The van der Waals surface area contributed by atoms with Crippen LogP contribution in [0.1, 0.15) is 28.8 Å². The van der Waals surface area contributed by atoms with E-state index < -0.39 is 11.7 Å². The number of carbonyl (C=O) groups excluding carboxylic acids is 1. The molecule has 1 aliphatic rings. The monoisotopic (exact) mass is 393 g/mol. The number of piperidine rings is 1. The first kappa shape index (κ1) is 20.0. The zero-order valence-corrected chi connectivity index (χ0v) is 15.7. The summed E-state index contributed by atoms with van der Waals surface area (Å²) in [7, 11) is 3.10. The largest absolute Gasteiger partial charge is 0.496 e. The number of hydrogen-bond donors (Lipinski definition) is 0. The van der Waals surface area contributed by atoms with Crippen molar-refractivity contribution in [1.29, 1.82) is 0 Å². The third-order valence-electron chi connectivity index (χ3n) is 5.00. The first-order chi connectivity index (χ1) is 13.3. The highest BCUT2D eigenvalue weighted by Crippen LogP contribution is 2.36. The first-order valence-electron chi connectivity index (χ1n) is 9.00. The predicted octanol–water partition coefficient (Wildman–Crippen LogP) is 3.85. The molecule has 28 heavy (non-hydrogen) atoms. The number of anilines is 1. The van der Waals surface area contributed by atoms with Gasteiger partial charge < -0.3 is 14.5 Å². The van der Waals surface area contributed by atoms with Crippen molar-refractivity contribution in [3.8, 4) is 5.75 Å². The summed E-state index contributed by atoms with van der Waals surface area (Å²) in [6.45, 7) is 0.872. The number of amides is 1. The van der Waals surface area contributed by atoms with E-state index in [9.17, 15) is 18.0 Å². The van der Waals surface area contributed by atoms with Crippen molar-refractivity contribution in [3.05, 3.63) is 53.7 Å². The first-order valence-corrected chi connectivity index (χ1v) is 9.00. The molecule has 1 aromatic heterocycles. The number of para-hydroxylation sites is 1. The highest BCUT2D eigenvalue weighted by Gasteiger charge is 2.37. The molecular formula is C20H22F3N3O2. The molecule has 8 heteroatoms. The van der Waals surface area contributed by atoms with Crippen LogP contribution < -0.4 is 9.64 Å². The van der Waals surface area contributed by atoms with Gasteiger partial charge in [0.15, 0.2) is 0 Å². The van der Waals surface area contributed by atoms with Crippen LogP contribution in [0, 0.1) is 0 Å². The molecule has 1 fully saturated rings. The summed E-state index contributed by atoms with van der Waals surface area (Å²) in [6, 6.07) is 8.98. The van der Waals surface area contributed by atoms with Crippen molar-refractivity contribution in [2.45, 2.75) is 25.1 Å². The van der Waals surface area contributed by atoms with Crippen LogP contribution >= 0.6 is 0 Å². The molecule has 1 saturated heterocycles. The second-order valence-electron chi connectivity index (χ2n) is 6.73. The number of likely N-dealkylation sites (N-methyl/N-ethyl adjacent to an activating group) is 1. The number of methoxy groups -OCH3 is 1. The van der Waals surface area contributed by atoms with Gasteiger partial charge in [-0.2, -0.15) is 13.2 Å². The van der Waals surface area contributed by atoms with Gasteiger partial charge in [-0.15, -0.1) is 0 Å². The SMILES string of the molecule is COc1ccccc1C(=O)N1CCCC(N(C)c2ncccc2C(F)(F)F)C1. The van der Waals surface area contributed by atoms with Gasteiger partial charge in [0.05, 0.1) is 18.2 Å². The highest BCUT2D eigenvalue weighted by molar-refractivity contribution is 5.97. The van der Waals surface area contributed by atoms with Gasteiger partial charge in [-0.3, -0.25) is 4.79 Å². The second kappa shape index (κ2) is 8.08. The third kappa shape index (κ3) is 4.05. The molecule has 0 radical (unpaired) electrons. The molecule has 1 atom stereocenters. The van der Waals surface area contributed by atoms with Gasteiger partial charge in [0, 0.05) is 32.4 Å². The maximum Gasteiger partial charge on any atom is 0.419 e. The highest BCUT2D eigenvalue weighted by atomic mass is 19.4. The Kier molecular flexibility index (Phi) is 5.76. The maximum absolute atomic E-state index is 13.3. The summed E-state index contributed by atoms with van der Waals surface area (Å²) in [4.78, 5) is 20.1. The number of aromatic nitrogens is 1. The number of likely N-dealkylation sites (tertiary alicyclic amines) is 1. The van der Waals surface area contributed by atoms with Gasteiger partial charge in [-0.25, -0.2) is 4.98 Å². The Labute approximate surface area is 161 Å². The standard InChI is InChI=1S/C20H22F3N3O2/c1-25(18-16(20(21,22)23)9-5-11-24-18)14-7-6-12-26(13-14)19(27)15-8-3-4-10-17(15)28-2/h3-5,8-11,14H,6-7,12-13H2,1-2H3. The van der Waals surface area contributed by atoms with Crippen LogP contribution in [0.15, 0.2) is 42.6 Å². The molecule has 2 heterocycles. The Morgan fingerprint density at radius 2 is 2.00 bits per heavy atom. The van der Waals surface area contributed by atoms with E-state index in [1.165, 1.54) is 24.3 Å². The number of halogens is 3. The molecule has 5 nitrogen and oxygen atoms in total. The van der Waals surface area contributed by atoms with Crippen molar-refractivity contribution < 1.29 is 22.7 Å². The summed E-state index contributed by atoms with van der Waals surface area (Å²) in [5.74, 6) is 0.172. The lowest BCUT2D eigenvalue weighted by Crippen LogP contribution is -2.49. The molecule has 0 N–H and O–H groups in total. The topological polar surface area (TPSA) is 45.7 Å². The molecule has 0 spiro atoms. The zero-order chi connectivity index (χ0) is 20.3. The summed E-state index contributed by atoms with van der Waals surface area (Å²) < 4.78 is 45.3. The van der Waals surface area contributed by atoms with E-state index in [4.69, 9.17) is 4.74 Å². The molecule has 2 aromatic rings. The zero-order valence-electron chi connectivity index (χ0n) is 15.7. The Hall–Kier alpha value is -2.77. The fraction of sp³-hybridized carbons (Fsp3) is 0.400. The molecule has 1 amide bonds. The number of pyridine rings is 1. The van der Waals surface area contributed by atoms with Crippen LogP contribution in [-0.4, -0.2) is 49.1 Å². The lowest BCUT2D eigenvalue weighted by Gasteiger charge is -2.39. The van der Waals surface area contributed by atoms with E-state index in [0.29, 0.717) is 37.2 Å². The number of rotatable bonds is 4. The predicted molar refractivity (Wildman–Crippen MR) is 99.6 cm³/mol. The molecular weight excluding hydrogens is 371 g/mol. The number of ether oxygens (including phenoxy) is 1. The fourth-order valence-electron chi connectivity index (χ4n) is 3.52. The van der Waals surface area contributed by atoms with Crippen LogP contribution in [0.2, 0.25) is 0 Å². The van der Waals surface area contributed by atoms with Gasteiger partial charge in [0.2, 0.25) is 0 Å². The lowest BCUT2D eigenvalue weighted by atomic mass is 10.0. The van der Waals surface area contributed by atoms with Crippen molar-refractivity contribution in [1.82, 2.24) is 9.88 Å². The summed E-state index contributed by atoms with van der Waals surface area (Å²) in [5, 5.41) is 0. The molecule has 1 aliphatic heterocycles. The van der Waals surface area contributed by atoms with Crippen LogP contribution in [0.25, 0.3) is 0 Å². The molecule has 0 saturated carbocycles. The lowest BCUT2D eigenvalue weighted by molar-refractivity contribution is -0.137. The smallest absolute Gasteiger partial charge is 0.419 e. The van der Waals surface area contributed by atoms with Crippen LogP contribution in [0.4, 0.5) is 19.0 Å². The average molecular weight is 393 g/mol.